The quantitative estimate of drug-likeness (QED) is 0.0606. The summed E-state index contributed by atoms with van der Waals surface area (Å²) in [5.74, 6) is 1.40. The van der Waals surface area contributed by atoms with E-state index in [4.69, 9.17) is 9.47 Å². The molecule has 59 heavy (non-hydrogen) atoms. The molecule has 10 heteroatoms. The fraction of sp³-hybridized carbons (Fsp3) is 0.0204. The number of rotatable bonds is 14. The zero-order valence-corrected chi connectivity index (χ0v) is 33.8. The van der Waals surface area contributed by atoms with Gasteiger partial charge in [0.2, 0.25) is 6.79 Å². The zero-order chi connectivity index (χ0) is 39.6. The predicted molar refractivity (Wildman–Crippen MR) is 250 cm³/mol. The maximum absolute atomic E-state index is 6.53. The Kier molecular flexibility index (Phi) is 11.5. The number of hydrogen-bond donors (Lipinski definition) is 6. The molecule has 0 aromatic heterocycles. The van der Waals surface area contributed by atoms with Crippen molar-refractivity contribution in [3.8, 4) is 44.9 Å². The van der Waals surface area contributed by atoms with E-state index in [1.54, 1.807) is 0 Å². The Morgan fingerprint density at radius 2 is 0.593 bits per heavy atom. The van der Waals surface area contributed by atoms with Gasteiger partial charge in [-0.2, -0.15) is 0 Å². The summed E-state index contributed by atoms with van der Waals surface area (Å²) < 4.78 is 13.1. The summed E-state index contributed by atoms with van der Waals surface area (Å²) in [4.78, 5) is 0. The van der Waals surface area contributed by atoms with Crippen molar-refractivity contribution in [3.05, 3.63) is 206 Å². The third-order valence-electron chi connectivity index (χ3n) is 9.69. The van der Waals surface area contributed by atoms with Gasteiger partial charge in [-0.05, 0) is 83.9 Å². The van der Waals surface area contributed by atoms with Crippen molar-refractivity contribution in [1.82, 2.24) is 0 Å². The number of anilines is 6. The van der Waals surface area contributed by atoms with Gasteiger partial charge in [0.15, 0.2) is 16.7 Å². The van der Waals surface area contributed by atoms with Crippen molar-refractivity contribution in [3.63, 3.8) is 0 Å². The smallest absolute Gasteiger partial charge is 0.230 e. The Hall–Kier alpha value is -6.98. The van der Waals surface area contributed by atoms with Crippen LogP contribution in [0.2, 0.25) is 0 Å². The third-order valence-corrected chi connectivity index (χ3v) is 12.5. The van der Waals surface area contributed by atoms with Crippen molar-refractivity contribution in [2.45, 2.75) is 0 Å². The maximum atomic E-state index is 6.53. The van der Waals surface area contributed by atoms with Gasteiger partial charge in [0, 0.05) is 33.9 Å². The average molecular weight is 809 g/mol. The summed E-state index contributed by atoms with van der Waals surface area (Å²) in [6.45, 7) is 0.0484. The van der Waals surface area contributed by atoms with Crippen LogP contribution in [-0.2, 0) is 0 Å². The van der Waals surface area contributed by atoms with Crippen LogP contribution in [-0.4, -0.2) is 6.79 Å². The van der Waals surface area contributed by atoms with Crippen LogP contribution in [0.15, 0.2) is 206 Å². The molecule has 1 aliphatic heterocycles. The summed E-state index contributed by atoms with van der Waals surface area (Å²) in [5.41, 5.74) is 11.6. The lowest BCUT2D eigenvalue weighted by Gasteiger charge is -2.29. The van der Waals surface area contributed by atoms with Gasteiger partial charge in [-0.25, -0.2) is 0 Å². The van der Waals surface area contributed by atoms with Gasteiger partial charge < -0.3 is 40.0 Å². The molecule has 0 amide bonds. The minimum atomic E-state index is -1.34. The normalized spacial score (nSPS) is 11.6. The van der Waals surface area contributed by atoms with Gasteiger partial charge in [0.25, 0.3) is 0 Å². The SMILES string of the molecule is c1ccc(NP(Nc2ccccc2)Nc2c(-c3ccccc3)ccc3c2-c2c(ccc(-c4ccccc4)c2NP(Nc2ccccc2)Nc2ccccc2)OCO3)cc1. The molecule has 0 radical (unpaired) electrons. The molecule has 9 rings (SSSR count). The lowest BCUT2D eigenvalue weighted by molar-refractivity contribution is 0.125. The molecule has 0 atom stereocenters. The lowest BCUT2D eigenvalue weighted by Crippen LogP contribution is -2.12. The molecule has 0 fully saturated rings. The van der Waals surface area contributed by atoms with E-state index in [1.807, 2.05) is 84.9 Å². The van der Waals surface area contributed by atoms with Crippen LogP contribution in [0.5, 0.6) is 11.5 Å². The summed E-state index contributed by atoms with van der Waals surface area (Å²) in [7, 11) is -2.68. The second kappa shape index (κ2) is 18.1. The number of para-hydroxylation sites is 4. The van der Waals surface area contributed by atoms with Gasteiger partial charge in [0.1, 0.15) is 11.5 Å². The first-order valence-corrected chi connectivity index (χ1v) is 22.0. The molecule has 8 aromatic carbocycles. The van der Waals surface area contributed by atoms with Crippen molar-refractivity contribution in [1.29, 1.82) is 0 Å². The molecule has 0 bridgehead atoms. The Balaban J connectivity index is 1.26. The van der Waals surface area contributed by atoms with Crippen LogP contribution in [0.25, 0.3) is 33.4 Å². The van der Waals surface area contributed by atoms with Gasteiger partial charge in [-0.3, -0.25) is 0 Å². The van der Waals surface area contributed by atoms with E-state index in [-0.39, 0.29) is 6.79 Å². The van der Waals surface area contributed by atoms with Crippen LogP contribution in [0, 0.1) is 0 Å². The topological polar surface area (TPSA) is 90.6 Å². The van der Waals surface area contributed by atoms with E-state index in [9.17, 15) is 0 Å². The van der Waals surface area contributed by atoms with E-state index < -0.39 is 16.7 Å². The number of ether oxygens (including phenoxy) is 2. The van der Waals surface area contributed by atoms with E-state index >= 15 is 0 Å². The number of fused-ring (bicyclic) bond motifs is 3. The van der Waals surface area contributed by atoms with E-state index in [0.717, 1.165) is 67.5 Å². The van der Waals surface area contributed by atoms with Crippen LogP contribution >= 0.6 is 16.7 Å². The summed E-state index contributed by atoms with van der Waals surface area (Å²) in [5, 5.41) is 23.1. The van der Waals surface area contributed by atoms with Gasteiger partial charge in [0.05, 0.1) is 22.5 Å². The minimum absolute atomic E-state index is 0.0484. The van der Waals surface area contributed by atoms with Crippen molar-refractivity contribution in [2.75, 3.05) is 37.3 Å². The second-order valence-electron chi connectivity index (χ2n) is 13.7. The highest BCUT2D eigenvalue weighted by atomic mass is 31.2. The number of nitrogens with one attached hydrogen (secondary N) is 6. The molecule has 6 N–H and O–H groups in total. The van der Waals surface area contributed by atoms with E-state index in [2.05, 4.69) is 152 Å². The summed E-state index contributed by atoms with van der Waals surface area (Å²) >= 11 is 0. The van der Waals surface area contributed by atoms with E-state index in [0.29, 0.717) is 11.5 Å². The molecule has 8 nitrogen and oxygen atoms in total. The number of hydrogen-bond acceptors (Lipinski definition) is 8. The van der Waals surface area contributed by atoms with Gasteiger partial charge in [-0.15, -0.1) is 0 Å². The lowest BCUT2D eigenvalue weighted by atomic mass is 9.91. The monoisotopic (exact) mass is 808 g/mol. The minimum Gasteiger partial charge on any atom is -0.457 e. The summed E-state index contributed by atoms with van der Waals surface area (Å²) in [6, 6.07) is 70.4. The molecule has 0 unspecified atom stereocenters. The molecule has 0 saturated heterocycles. The Morgan fingerprint density at radius 3 is 0.898 bits per heavy atom. The Labute approximate surface area is 347 Å². The Morgan fingerprint density at radius 1 is 0.305 bits per heavy atom. The standard InChI is InChI=1S/C49H42N6O2P2/c1-7-19-36(20-8-1)42-31-33-44-46(48(42)54-58(50-38-23-11-3-12-24-38)51-39-25-13-4-14-26-39)47-45(57-35-56-44)34-32-43(37-21-9-2-10-22-37)49(47)55-59(52-40-27-15-5-16-28-40)53-41-29-17-6-18-30-41/h1-34,50-55H,35H2. The number of benzene rings is 8. The van der Waals surface area contributed by atoms with Crippen molar-refractivity contribution in [2.24, 2.45) is 0 Å². The molecule has 8 aromatic rings. The molecular weight excluding hydrogens is 767 g/mol. The van der Waals surface area contributed by atoms with Crippen molar-refractivity contribution < 1.29 is 9.47 Å². The highest BCUT2D eigenvalue weighted by molar-refractivity contribution is 7.62. The molecule has 1 aliphatic rings. The first-order chi connectivity index (χ1) is 29.2. The molecule has 0 aliphatic carbocycles. The first-order valence-electron chi connectivity index (χ1n) is 19.4. The third kappa shape index (κ3) is 8.95. The molecular formula is C49H42N6O2P2. The maximum Gasteiger partial charge on any atom is 0.230 e. The molecule has 0 spiro atoms. The molecule has 1 heterocycles. The van der Waals surface area contributed by atoms with Gasteiger partial charge in [-0.1, -0.05) is 133 Å². The van der Waals surface area contributed by atoms with Crippen molar-refractivity contribution >= 4 is 50.9 Å². The average Bonchev–Trinajstić information content (AvgIpc) is 3.48. The second-order valence-corrected chi connectivity index (χ2v) is 16.4. The van der Waals surface area contributed by atoms with Crippen LogP contribution in [0.1, 0.15) is 0 Å². The highest BCUT2D eigenvalue weighted by Crippen LogP contribution is 2.56. The van der Waals surface area contributed by atoms with Gasteiger partial charge >= 0.3 is 0 Å². The van der Waals surface area contributed by atoms with Crippen LogP contribution < -0.4 is 40.0 Å². The molecule has 290 valence electrons. The molecule has 0 saturated carbocycles. The Bertz CT molecular complexity index is 2330. The first kappa shape index (κ1) is 37.6. The van der Waals surface area contributed by atoms with E-state index in [1.165, 1.54) is 0 Å². The largest absolute Gasteiger partial charge is 0.457 e. The van der Waals surface area contributed by atoms with Crippen LogP contribution in [0.3, 0.4) is 0 Å². The highest BCUT2D eigenvalue weighted by Gasteiger charge is 2.30. The fourth-order valence-corrected chi connectivity index (χ4v) is 9.84. The summed E-state index contributed by atoms with van der Waals surface area (Å²) in [6.07, 6.45) is 0. The zero-order valence-electron chi connectivity index (χ0n) is 32.0. The predicted octanol–water partition coefficient (Wildman–Crippen LogP) is 14.1. The fourth-order valence-electron chi connectivity index (χ4n) is 6.97. The van der Waals surface area contributed by atoms with Crippen LogP contribution in [0.4, 0.5) is 34.1 Å².